The number of amides is 1. The number of aromatic hydroxyl groups is 2. The minimum atomic E-state index is -0.890. The van der Waals surface area contributed by atoms with E-state index in [4.69, 9.17) is 0 Å². The lowest BCUT2D eigenvalue weighted by Crippen LogP contribution is -2.29. The maximum absolute atomic E-state index is 12.9. The molecule has 3 N–H and O–H groups in total. The van der Waals surface area contributed by atoms with Gasteiger partial charge in [0.2, 0.25) is 0 Å². The standard InChI is InChI=1S/C33H31NO4/c35-25-14-10-22(11-15-25)31(23-12-16-26(36)17-13-23)27(30-20-21-8-9-24(30)19-21)5-3-4-18-34-32(37)28-6-1-2-7-29(28)33(34)38/h1-2,6-7,10-17,20,32,35-37H,3-5,8-9,18-19H2. The van der Waals surface area contributed by atoms with Crippen LogP contribution in [0.2, 0.25) is 0 Å². The molecule has 5 heteroatoms. The zero-order valence-electron chi connectivity index (χ0n) is 21.2. The lowest BCUT2D eigenvalue weighted by molar-refractivity contribution is 0.0170. The number of phenols is 2. The van der Waals surface area contributed by atoms with E-state index in [2.05, 4.69) is 6.08 Å². The molecule has 192 valence electrons. The Morgan fingerprint density at radius 3 is 2.08 bits per heavy atom. The smallest absolute Gasteiger partial charge is 0.256 e. The number of benzene rings is 3. The van der Waals surface area contributed by atoms with Crippen LogP contribution in [0.3, 0.4) is 0 Å². The van der Waals surface area contributed by atoms with Gasteiger partial charge in [0.25, 0.3) is 5.91 Å². The van der Waals surface area contributed by atoms with Crippen molar-refractivity contribution in [1.82, 2.24) is 4.90 Å². The number of fused-ring (bicyclic) bond motifs is 3. The third-order valence-electron chi connectivity index (χ3n) is 7.96. The van der Waals surface area contributed by atoms with Gasteiger partial charge < -0.3 is 20.2 Å². The molecule has 3 aromatic carbocycles. The highest BCUT2D eigenvalue weighted by molar-refractivity contribution is 5.98. The molecule has 2 aliphatic carbocycles. The van der Waals surface area contributed by atoms with Gasteiger partial charge in [0.05, 0.1) is 0 Å². The molecule has 1 amide bonds. The Hall–Kier alpha value is -4.09. The van der Waals surface area contributed by atoms with Gasteiger partial charge >= 0.3 is 0 Å². The quantitative estimate of drug-likeness (QED) is 0.300. The van der Waals surface area contributed by atoms with Gasteiger partial charge in [-0.05, 0) is 96.7 Å². The van der Waals surface area contributed by atoms with Gasteiger partial charge in [-0.3, -0.25) is 4.79 Å². The number of phenolic OH excluding ortho intramolecular Hbond substituents is 2. The number of hydrogen-bond acceptors (Lipinski definition) is 4. The van der Waals surface area contributed by atoms with Crippen molar-refractivity contribution in [1.29, 1.82) is 0 Å². The number of unbranched alkanes of at least 4 members (excludes halogenated alkanes) is 1. The van der Waals surface area contributed by atoms with E-state index >= 15 is 0 Å². The summed E-state index contributed by atoms with van der Waals surface area (Å²) in [6.07, 6.45) is 7.15. The molecule has 1 saturated carbocycles. The van der Waals surface area contributed by atoms with E-state index in [1.54, 1.807) is 35.2 Å². The van der Waals surface area contributed by atoms with Crippen LogP contribution in [0.4, 0.5) is 0 Å². The first-order valence-corrected chi connectivity index (χ1v) is 13.3. The molecule has 3 aliphatic rings. The third kappa shape index (κ3) is 4.44. The molecule has 38 heavy (non-hydrogen) atoms. The van der Waals surface area contributed by atoms with Crippen molar-refractivity contribution in [3.05, 3.63) is 123 Å². The fourth-order valence-electron chi connectivity index (χ4n) is 6.05. The fourth-order valence-corrected chi connectivity index (χ4v) is 6.05. The highest BCUT2D eigenvalue weighted by Crippen LogP contribution is 2.46. The van der Waals surface area contributed by atoms with Crippen LogP contribution in [0.25, 0.3) is 5.57 Å². The van der Waals surface area contributed by atoms with Gasteiger partial charge in [0.15, 0.2) is 6.23 Å². The molecule has 0 saturated heterocycles. The van der Waals surface area contributed by atoms with Crippen molar-refractivity contribution < 1.29 is 20.1 Å². The van der Waals surface area contributed by atoms with E-state index in [1.165, 1.54) is 22.3 Å². The van der Waals surface area contributed by atoms with Crippen molar-refractivity contribution in [2.75, 3.05) is 6.54 Å². The van der Waals surface area contributed by atoms with Gasteiger partial charge in [0.1, 0.15) is 11.5 Å². The number of carbonyl (C=O) groups is 1. The summed E-state index contributed by atoms with van der Waals surface area (Å²) in [4.78, 5) is 14.4. The van der Waals surface area contributed by atoms with Crippen molar-refractivity contribution in [2.24, 2.45) is 0 Å². The van der Waals surface area contributed by atoms with Gasteiger partial charge in [-0.1, -0.05) is 59.7 Å². The molecule has 3 aromatic rings. The van der Waals surface area contributed by atoms with Crippen LogP contribution in [0.1, 0.15) is 71.8 Å². The Bertz CT molecular complexity index is 1430. The van der Waals surface area contributed by atoms with Crippen LogP contribution < -0.4 is 0 Å². The zero-order chi connectivity index (χ0) is 26.2. The number of rotatable bonds is 8. The van der Waals surface area contributed by atoms with Crippen LogP contribution in [0.15, 0.2) is 101 Å². The maximum Gasteiger partial charge on any atom is 0.256 e. The predicted molar refractivity (Wildman–Crippen MR) is 147 cm³/mol. The minimum absolute atomic E-state index is 0.111. The lowest BCUT2D eigenvalue weighted by Gasteiger charge is -2.22. The average Bonchev–Trinajstić information content (AvgIpc) is 3.63. The number of allylic oxidation sites excluding steroid dienone is 5. The fraction of sp³-hybridized carbons (Fsp3) is 0.242. The molecule has 0 aromatic heterocycles. The molecule has 0 radical (unpaired) electrons. The van der Waals surface area contributed by atoms with Gasteiger partial charge in [0, 0.05) is 17.7 Å². The van der Waals surface area contributed by atoms with Crippen molar-refractivity contribution >= 4 is 11.5 Å². The highest BCUT2D eigenvalue weighted by atomic mass is 16.3. The molecule has 0 spiro atoms. The third-order valence-corrected chi connectivity index (χ3v) is 7.96. The summed E-state index contributed by atoms with van der Waals surface area (Å²) >= 11 is 0. The lowest BCUT2D eigenvalue weighted by atomic mass is 9.85. The molecule has 1 fully saturated rings. The second-order valence-corrected chi connectivity index (χ2v) is 10.4. The van der Waals surface area contributed by atoms with Gasteiger partial charge in [-0.15, -0.1) is 0 Å². The average molecular weight is 506 g/mol. The maximum atomic E-state index is 12.9. The molecule has 2 bridgehead atoms. The molecule has 1 unspecified atom stereocenters. The Labute approximate surface area is 222 Å². The van der Waals surface area contributed by atoms with Gasteiger partial charge in [-0.25, -0.2) is 0 Å². The first kappa shape index (κ1) is 24.3. The van der Waals surface area contributed by atoms with E-state index in [0.717, 1.165) is 55.2 Å². The van der Waals surface area contributed by atoms with E-state index in [-0.39, 0.29) is 17.4 Å². The summed E-state index contributed by atoms with van der Waals surface area (Å²) in [7, 11) is 0. The van der Waals surface area contributed by atoms with Crippen molar-refractivity contribution in [3.8, 4) is 11.5 Å². The zero-order valence-corrected chi connectivity index (χ0v) is 21.2. The Morgan fingerprint density at radius 2 is 1.50 bits per heavy atom. The van der Waals surface area contributed by atoms with E-state index in [0.29, 0.717) is 17.7 Å². The summed E-state index contributed by atoms with van der Waals surface area (Å²) in [5.41, 5.74) is 9.91. The molecule has 1 atom stereocenters. The second-order valence-electron chi connectivity index (χ2n) is 10.4. The molecule has 5 nitrogen and oxygen atoms in total. The SMILES string of the molecule is O=C1c2ccccc2C(O)N1CCCCC(C1=C2CCC(=C1)C2)=C(c1ccc(O)cc1)c1ccc(O)cc1. The van der Waals surface area contributed by atoms with Gasteiger partial charge in [-0.2, -0.15) is 0 Å². The van der Waals surface area contributed by atoms with Crippen molar-refractivity contribution in [3.63, 3.8) is 0 Å². The van der Waals surface area contributed by atoms with E-state index in [9.17, 15) is 20.1 Å². The monoisotopic (exact) mass is 505 g/mol. The Morgan fingerprint density at radius 1 is 0.842 bits per heavy atom. The molecular formula is C33H31NO4. The first-order valence-electron chi connectivity index (χ1n) is 13.3. The van der Waals surface area contributed by atoms with Crippen LogP contribution in [-0.2, 0) is 0 Å². The summed E-state index contributed by atoms with van der Waals surface area (Å²) < 4.78 is 0. The number of nitrogens with zero attached hydrogens (tertiary/aromatic N) is 1. The van der Waals surface area contributed by atoms with E-state index < -0.39 is 6.23 Å². The van der Waals surface area contributed by atoms with Crippen LogP contribution >= 0.6 is 0 Å². The predicted octanol–water partition coefficient (Wildman–Crippen LogP) is 6.64. The largest absolute Gasteiger partial charge is 0.508 e. The van der Waals surface area contributed by atoms with E-state index in [1.807, 2.05) is 42.5 Å². The second kappa shape index (κ2) is 9.99. The molecule has 6 rings (SSSR count). The van der Waals surface area contributed by atoms with Crippen LogP contribution in [-0.4, -0.2) is 32.7 Å². The Balaban J connectivity index is 1.31. The summed E-state index contributed by atoms with van der Waals surface area (Å²) in [5, 5.41) is 30.6. The highest BCUT2D eigenvalue weighted by Gasteiger charge is 2.34. The summed E-state index contributed by atoms with van der Waals surface area (Å²) in [6, 6.07) is 21.9. The minimum Gasteiger partial charge on any atom is -0.508 e. The molecule has 1 aliphatic heterocycles. The first-order chi connectivity index (χ1) is 18.5. The Kier molecular flexibility index (Phi) is 6.38. The summed E-state index contributed by atoms with van der Waals surface area (Å²) in [5.74, 6) is 0.332. The van der Waals surface area contributed by atoms with Crippen LogP contribution in [0, 0.1) is 0 Å². The van der Waals surface area contributed by atoms with Crippen molar-refractivity contribution in [2.45, 2.75) is 44.8 Å². The molecular weight excluding hydrogens is 474 g/mol. The molecule has 1 heterocycles. The topological polar surface area (TPSA) is 81.0 Å². The normalized spacial score (nSPS) is 17.7. The number of carbonyl (C=O) groups excluding carboxylic acids is 1. The van der Waals surface area contributed by atoms with Crippen LogP contribution in [0.5, 0.6) is 11.5 Å². The number of aliphatic hydroxyl groups excluding tert-OH is 1. The summed E-state index contributed by atoms with van der Waals surface area (Å²) in [6.45, 7) is 0.489. The number of hydrogen-bond donors (Lipinski definition) is 3. The number of aliphatic hydroxyl groups is 1.